The van der Waals surface area contributed by atoms with Crippen LogP contribution in [0, 0.1) is 0 Å². The summed E-state index contributed by atoms with van der Waals surface area (Å²) in [6.45, 7) is 0.764. The molecule has 2 rings (SSSR count). The zero-order chi connectivity index (χ0) is 16.7. The summed E-state index contributed by atoms with van der Waals surface area (Å²) in [5.74, 6) is 0.709. The first-order valence-electron chi connectivity index (χ1n) is 8.04. The Morgan fingerprint density at radius 2 is 2.09 bits per heavy atom. The van der Waals surface area contributed by atoms with E-state index < -0.39 is 0 Å². The van der Waals surface area contributed by atoms with Gasteiger partial charge >= 0.3 is 0 Å². The maximum atomic E-state index is 11.8. The van der Waals surface area contributed by atoms with E-state index in [0.29, 0.717) is 23.6 Å². The summed E-state index contributed by atoms with van der Waals surface area (Å²) in [5, 5.41) is 7.26. The van der Waals surface area contributed by atoms with Gasteiger partial charge in [0.05, 0.1) is 13.1 Å². The fourth-order valence-electron chi connectivity index (χ4n) is 2.54. The molecule has 2 N–H and O–H groups in total. The van der Waals surface area contributed by atoms with Crippen molar-refractivity contribution in [3.63, 3.8) is 0 Å². The summed E-state index contributed by atoms with van der Waals surface area (Å²) in [6.07, 6.45) is 4.80. The van der Waals surface area contributed by atoms with Gasteiger partial charge in [0.1, 0.15) is 0 Å². The Labute approximate surface area is 143 Å². The quantitative estimate of drug-likeness (QED) is 0.641. The molecule has 0 unspecified atom stereocenters. The molecule has 126 valence electrons. The first-order chi connectivity index (χ1) is 11.0. The lowest BCUT2D eigenvalue weighted by Gasteiger charge is -2.18. The third kappa shape index (κ3) is 6.10. The molecule has 0 aliphatic heterocycles. The van der Waals surface area contributed by atoms with Crippen LogP contribution < -0.4 is 10.6 Å². The lowest BCUT2D eigenvalue weighted by molar-refractivity contribution is -0.127. The molecule has 0 bridgehead atoms. The van der Waals surface area contributed by atoms with Crippen LogP contribution in [0.5, 0.6) is 0 Å². The molecule has 1 aliphatic carbocycles. The molecule has 0 spiro atoms. The molecule has 5 nitrogen and oxygen atoms in total. The summed E-state index contributed by atoms with van der Waals surface area (Å²) >= 11 is 6.01. The highest BCUT2D eigenvalue weighted by Gasteiger charge is 2.16. The molecule has 23 heavy (non-hydrogen) atoms. The van der Waals surface area contributed by atoms with E-state index in [-0.39, 0.29) is 12.5 Å². The summed E-state index contributed by atoms with van der Waals surface area (Å²) in [7, 11) is 3.49. The normalized spacial score (nSPS) is 15.5. The largest absolute Gasteiger partial charge is 0.354 e. The summed E-state index contributed by atoms with van der Waals surface area (Å²) in [6, 6.07) is 8.10. The predicted molar refractivity (Wildman–Crippen MR) is 94.7 cm³/mol. The van der Waals surface area contributed by atoms with Gasteiger partial charge in [-0.05, 0) is 30.5 Å². The first kappa shape index (κ1) is 17.6. The Morgan fingerprint density at radius 3 is 2.74 bits per heavy atom. The third-order valence-corrected chi connectivity index (χ3v) is 4.15. The molecule has 1 aliphatic rings. The van der Waals surface area contributed by atoms with Gasteiger partial charge in [-0.25, -0.2) is 4.99 Å². The topological polar surface area (TPSA) is 56.7 Å². The van der Waals surface area contributed by atoms with E-state index in [1.165, 1.54) is 12.8 Å². The summed E-state index contributed by atoms with van der Waals surface area (Å²) < 4.78 is 0. The molecule has 1 aromatic carbocycles. The van der Waals surface area contributed by atoms with Gasteiger partial charge in [-0.2, -0.15) is 0 Å². The van der Waals surface area contributed by atoms with E-state index in [2.05, 4.69) is 15.6 Å². The summed E-state index contributed by atoms with van der Waals surface area (Å²) in [4.78, 5) is 17.9. The molecular formula is C17H25ClN4O. The number of likely N-dealkylation sites (N-methyl/N-ethyl adjacent to an activating group) is 1. The average molecular weight is 337 g/mol. The highest BCUT2D eigenvalue weighted by atomic mass is 35.5. The van der Waals surface area contributed by atoms with Crippen molar-refractivity contribution in [2.75, 3.05) is 20.6 Å². The monoisotopic (exact) mass is 336 g/mol. The fraction of sp³-hybridized carbons (Fsp3) is 0.529. The second-order valence-electron chi connectivity index (χ2n) is 6.06. The molecule has 1 fully saturated rings. The molecule has 1 aromatic rings. The maximum absolute atomic E-state index is 11.8. The minimum atomic E-state index is 0.0219. The number of nitrogens with zero attached hydrogens (tertiary/aromatic N) is 2. The van der Waals surface area contributed by atoms with Crippen molar-refractivity contribution in [3.8, 4) is 0 Å². The van der Waals surface area contributed by atoms with Gasteiger partial charge in [-0.3, -0.25) is 4.79 Å². The van der Waals surface area contributed by atoms with E-state index in [9.17, 15) is 4.79 Å². The van der Waals surface area contributed by atoms with Crippen LogP contribution in [0.2, 0.25) is 5.02 Å². The van der Waals surface area contributed by atoms with E-state index in [1.807, 2.05) is 24.3 Å². The Kier molecular flexibility index (Phi) is 6.71. The fourth-order valence-corrected chi connectivity index (χ4v) is 2.75. The number of carbonyl (C=O) groups excluding carboxylic acids is 1. The number of halogens is 1. The number of nitrogens with one attached hydrogen (secondary N) is 2. The smallest absolute Gasteiger partial charge is 0.241 e. The second kappa shape index (κ2) is 8.77. The van der Waals surface area contributed by atoms with Crippen molar-refractivity contribution in [1.29, 1.82) is 0 Å². The van der Waals surface area contributed by atoms with Gasteiger partial charge in [0, 0.05) is 25.2 Å². The lowest BCUT2D eigenvalue weighted by Crippen LogP contribution is -2.46. The first-order valence-corrected chi connectivity index (χ1v) is 8.42. The van der Waals surface area contributed by atoms with Crippen molar-refractivity contribution in [1.82, 2.24) is 15.5 Å². The number of rotatable bonds is 5. The highest BCUT2D eigenvalue weighted by Crippen LogP contribution is 2.17. The van der Waals surface area contributed by atoms with E-state index in [1.54, 1.807) is 19.0 Å². The van der Waals surface area contributed by atoms with Crippen molar-refractivity contribution in [2.24, 2.45) is 4.99 Å². The SMILES string of the molecule is CN(C)C(=O)CNC(=NCc1cccc(Cl)c1)NC1CCCC1. The molecule has 1 saturated carbocycles. The number of carbonyl (C=O) groups is 1. The molecule has 0 atom stereocenters. The maximum Gasteiger partial charge on any atom is 0.241 e. The summed E-state index contributed by atoms with van der Waals surface area (Å²) in [5.41, 5.74) is 1.05. The predicted octanol–water partition coefficient (Wildman–Crippen LogP) is 2.41. The van der Waals surface area contributed by atoms with E-state index >= 15 is 0 Å². The molecule has 0 aromatic heterocycles. The Balaban J connectivity index is 1.98. The molecule has 1 amide bonds. The van der Waals surface area contributed by atoms with Crippen molar-refractivity contribution < 1.29 is 4.79 Å². The minimum absolute atomic E-state index is 0.0219. The van der Waals surface area contributed by atoms with Gasteiger partial charge in [-0.1, -0.05) is 36.6 Å². The molecule has 0 saturated heterocycles. The van der Waals surface area contributed by atoms with Gasteiger partial charge in [0.2, 0.25) is 5.91 Å². The van der Waals surface area contributed by atoms with Crippen LogP contribution in [0.3, 0.4) is 0 Å². The number of hydrogen-bond donors (Lipinski definition) is 2. The lowest BCUT2D eigenvalue weighted by atomic mass is 10.2. The number of aliphatic imine (C=N–C) groups is 1. The van der Waals surface area contributed by atoms with Crippen LogP contribution >= 0.6 is 11.6 Å². The zero-order valence-electron chi connectivity index (χ0n) is 13.8. The van der Waals surface area contributed by atoms with Gasteiger partial charge in [0.15, 0.2) is 5.96 Å². The third-order valence-electron chi connectivity index (χ3n) is 3.91. The van der Waals surface area contributed by atoms with Gasteiger partial charge < -0.3 is 15.5 Å². The van der Waals surface area contributed by atoms with Crippen LogP contribution in [0.4, 0.5) is 0 Å². The number of amides is 1. The average Bonchev–Trinajstić information content (AvgIpc) is 3.02. The molecular weight excluding hydrogens is 312 g/mol. The Bertz CT molecular complexity index is 553. The van der Waals surface area contributed by atoms with Crippen LogP contribution in [0.25, 0.3) is 0 Å². The van der Waals surface area contributed by atoms with Gasteiger partial charge in [0.25, 0.3) is 0 Å². The number of hydrogen-bond acceptors (Lipinski definition) is 2. The van der Waals surface area contributed by atoms with Crippen LogP contribution in [-0.4, -0.2) is 43.4 Å². The van der Waals surface area contributed by atoms with Crippen LogP contribution in [-0.2, 0) is 11.3 Å². The number of guanidine groups is 1. The van der Waals surface area contributed by atoms with Crippen LogP contribution in [0.15, 0.2) is 29.3 Å². The van der Waals surface area contributed by atoms with Crippen molar-refractivity contribution in [2.45, 2.75) is 38.3 Å². The zero-order valence-corrected chi connectivity index (χ0v) is 14.6. The molecule has 0 heterocycles. The highest BCUT2D eigenvalue weighted by molar-refractivity contribution is 6.30. The standard InChI is InChI=1S/C17H25ClN4O/c1-22(2)16(23)12-20-17(21-15-8-3-4-9-15)19-11-13-6-5-7-14(18)10-13/h5-7,10,15H,3-4,8-9,11-12H2,1-2H3,(H2,19,20,21). The van der Waals surface area contributed by atoms with E-state index in [4.69, 9.17) is 11.6 Å². The van der Waals surface area contributed by atoms with E-state index in [0.717, 1.165) is 18.4 Å². The Hall–Kier alpha value is -1.75. The second-order valence-corrected chi connectivity index (χ2v) is 6.50. The number of benzene rings is 1. The van der Waals surface area contributed by atoms with Crippen LogP contribution in [0.1, 0.15) is 31.2 Å². The van der Waals surface area contributed by atoms with Gasteiger partial charge in [-0.15, -0.1) is 0 Å². The van der Waals surface area contributed by atoms with Crippen molar-refractivity contribution >= 4 is 23.5 Å². The molecule has 6 heteroatoms. The minimum Gasteiger partial charge on any atom is -0.354 e. The Morgan fingerprint density at radius 1 is 1.35 bits per heavy atom. The molecule has 0 radical (unpaired) electrons. The van der Waals surface area contributed by atoms with Crippen molar-refractivity contribution in [3.05, 3.63) is 34.9 Å².